The van der Waals surface area contributed by atoms with Gasteiger partial charge in [0, 0.05) is 20.9 Å². The largest absolute Gasteiger partial charge is 0.343 e. The average Bonchev–Trinajstić information content (AvgIpc) is 2.48. The zero-order chi connectivity index (χ0) is 16.1. The second-order valence-electron chi connectivity index (χ2n) is 4.37. The molecule has 2 rings (SSSR count). The van der Waals surface area contributed by atoms with Gasteiger partial charge in [-0.2, -0.15) is 0 Å². The van der Waals surface area contributed by atoms with E-state index in [4.69, 9.17) is 0 Å². The second-order valence-corrected chi connectivity index (χ2v) is 5.62. The first-order valence-corrected chi connectivity index (χ1v) is 7.32. The number of benzene rings is 2. The van der Waals surface area contributed by atoms with Crippen molar-refractivity contribution in [2.24, 2.45) is 0 Å². The first-order chi connectivity index (χ1) is 10.5. The molecule has 0 spiro atoms. The Morgan fingerprint density at radius 2 is 1.82 bits per heavy atom. The summed E-state index contributed by atoms with van der Waals surface area (Å²) in [5.41, 5.74) is 0.555. The van der Waals surface area contributed by atoms with Crippen LogP contribution in [0, 0.1) is 15.2 Å². The summed E-state index contributed by atoms with van der Waals surface area (Å²) in [6.07, 6.45) is 0. The first kappa shape index (κ1) is 16.3. The maximum absolute atomic E-state index is 13.0. The van der Waals surface area contributed by atoms with E-state index >= 15 is 0 Å². The number of hydrogen-bond acceptors (Lipinski definition) is 2. The highest BCUT2D eigenvalue weighted by atomic mass is 127. The lowest BCUT2D eigenvalue weighted by Gasteiger charge is -2.07. The van der Waals surface area contributed by atoms with Gasteiger partial charge in [-0.1, -0.05) is 6.07 Å². The molecule has 0 aromatic heterocycles. The van der Waals surface area contributed by atoms with Gasteiger partial charge in [0.1, 0.15) is 0 Å². The Hall–Kier alpha value is -2.03. The molecular formula is C15H11F2IN2O2. The Morgan fingerprint density at radius 3 is 2.50 bits per heavy atom. The summed E-state index contributed by atoms with van der Waals surface area (Å²) >= 11 is 2.08. The van der Waals surface area contributed by atoms with Gasteiger partial charge in [-0.25, -0.2) is 8.78 Å². The van der Waals surface area contributed by atoms with Crippen LogP contribution in [0.2, 0.25) is 0 Å². The molecule has 0 saturated carbocycles. The molecule has 0 radical (unpaired) electrons. The van der Waals surface area contributed by atoms with Crippen LogP contribution < -0.4 is 10.6 Å². The van der Waals surface area contributed by atoms with Gasteiger partial charge in [0.05, 0.1) is 6.54 Å². The third-order valence-corrected chi connectivity index (χ3v) is 3.37. The van der Waals surface area contributed by atoms with Crippen molar-refractivity contribution in [1.29, 1.82) is 0 Å². The van der Waals surface area contributed by atoms with Crippen molar-refractivity contribution < 1.29 is 18.4 Å². The van der Waals surface area contributed by atoms with Gasteiger partial charge in [0.25, 0.3) is 5.91 Å². The molecule has 22 heavy (non-hydrogen) atoms. The maximum atomic E-state index is 13.0. The highest BCUT2D eigenvalue weighted by Crippen LogP contribution is 2.12. The van der Waals surface area contributed by atoms with Crippen LogP contribution in [0.3, 0.4) is 0 Å². The van der Waals surface area contributed by atoms with E-state index in [2.05, 4.69) is 33.2 Å². The molecule has 0 aliphatic heterocycles. The molecule has 2 aromatic carbocycles. The molecule has 7 heteroatoms. The quantitative estimate of drug-likeness (QED) is 0.754. The molecule has 0 fully saturated rings. The minimum Gasteiger partial charge on any atom is -0.343 e. The molecule has 2 aromatic rings. The van der Waals surface area contributed by atoms with Crippen molar-refractivity contribution in [2.75, 3.05) is 11.9 Å². The fourth-order valence-corrected chi connectivity index (χ4v) is 2.21. The Bertz CT molecular complexity index is 722. The van der Waals surface area contributed by atoms with E-state index in [0.717, 1.165) is 15.7 Å². The van der Waals surface area contributed by atoms with E-state index < -0.39 is 17.5 Å². The number of nitrogens with one attached hydrogen (secondary N) is 2. The van der Waals surface area contributed by atoms with Crippen LogP contribution in [0.1, 0.15) is 10.4 Å². The van der Waals surface area contributed by atoms with Crippen molar-refractivity contribution in [3.05, 3.63) is 63.2 Å². The molecule has 0 aliphatic carbocycles. The van der Waals surface area contributed by atoms with E-state index in [1.165, 1.54) is 6.07 Å². The van der Waals surface area contributed by atoms with Gasteiger partial charge >= 0.3 is 0 Å². The van der Waals surface area contributed by atoms with Crippen molar-refractivity contribution >= 4 is 40.1 Å². The van der Waals surface area contributed by atoms with Gasteiger partial charge < -0.3 is 10.6 Å². The molecule has 0 bridgehead atoms. The Balaban J connectivity index is 1.90. The van der Waals surface area contributed by atoms with Crippen molar-refractivity contribution in [2.45, 2.75) is 0 Å². The van der Waals surface area contributed by atoms with E-state index in [-0.39, 0.29) is 18.1 Å². The fraction of sp³-hybridized carbons (Fsp3) is 0.0667. The number of halogens is 3. The van der Waals surface area contributed by atoms with E-state index in [9.17, 15) is 18.4 Å². The zero-order valence-corrected chi connectivity index (χ0v) is 13.4. The van der Waals surface area contributed by atoms with Gasteiger partial charge in [0.2, 0.25) is 5.91 Å². The lowest BCUT2D eigenvalue weighted by molar-refractivity contribution is -0.115. The van der Waals surface area contributed by atoms with Crippen LogP contribution in [-0.4, -0.2) is 18.4 Å². The number of hydrogen-bond donors (Lipinski definition) is 2. The van der Waals surface area contributed by atoms with Crippen LogP contribution in [0.5, 0.6) is 0 Å². The molecule has 0 atom stereocenters. The standard InChI is InChI=1S/C15H11F2IN2O2/c16-12-5-4-11(7-13(12)17)20-14(21)8-19-15(22)9-2-1-3-10(18)6-9/h1-7H,8H2,(H,19,22)(H,20,21). The van der Waals surface area contributed by atoms with E-state index in [0.29, 0.717) is 5.56 Å². The van der Waals surface area contributed by atoms with Crippen molar-refractivity contribution in [3.63, 3.8) is 0 Å². The van der Waals surface area contributed by atoms with Crippen molar-refractivity contribution in [3.8, 4) is 0 Å². The summed E-state index contributed by atoms with van der Waals surface area (Å²) in [6, 6.07) is 9.90. The number of anilines is 1. The van der Waals surface area contributed by atoms with Crippen LogP contribution in [0.25, 0.3) is 0 Å². The van der Waals surface area contributed by atoms with Crippen LogP contribution >= 0.6 is 22.6 Å². The average molecular weight is 416 g/mol. The molecule has 0 heterocycles. The third kappa shape index (κ3) is 4.48. The molecule has 0 unspecified atom stereocenters. The summed E-state index contributed by atoms with van der Waals surface area (Å²) in [4.78, 5) is 23.5. The minimum atomic E-state index is -1.05. The molecular weight excluding hydrogens is 405 g/mol. The molecule has 0 aliphatic rings. The summed E-state index contributed by atoms with van der Waals surface area (Å²) in [5.74, 6) is -2.98. The van der Waals surface area contributed by atoms with Gasteiger partial charge in [-0.05, 0) is 52.9 Å². The van der Waals surface area contributed by atoms with Gasteiger partial charge in [-0.3, -0.25) is 9.59 Å². The van der Waals surface area contributed by atoms with E-state index in [1.807, 2.05) is 6.07 Å². The third-order valence-electron chi connectivity index (χ3n) is 2.70. The predicted octanol–water partition coefficient (Wildman–Crippen LogP) is 2.94. The molecule has 114 valence electrons. The topological polar surface area (TPSA) is 58.2 Å². The lowest BCUT2D eigenvalue weighted by Crippen LogP contribution is -2.32. The summed E-state index contributed by atoms with van der Waals surface area (Å²) in [7, 11) is 0. The summed E-state index contributed by atoms with van der Waals surface area (Å²) in [6.45, 7) is -0.275. The molecule has 2 N–H and O–H groups in total. The Morgan fingerprint density at radius 1 is 1.05 bits per heavy atom. The Labute approximate surface area is 139 Å². The predicted molar refractivity (Wildman–Crippen MR) is 86.5 cm³/mol. The minimum absolute atomic E-state index is 0.118. The van der Waals surface area contributed by atoms with E-state index in [1.54, 1.807) is 18.2 Å². The summed E-state index contributed by atoms with van der Waals surface area (Å²) < 4.78 is 26.7. The maximum Gasteiger partial charge on any atom is 0.251 e. The van der Waals surface area contributed by atoms with Crippen LogP contribution in [-0.2, 0) is 4.79 Å². The normalized spacial score (nSPS) is 10.1. The monoisotopic (exact) mass is 416 g/mol. The second kappa shape index (κ2) is 7.30. The summed E-state index contributed by atoms with van der Waals surface area (Å²) in [5, 5.41) is 4.82. The van der Waals surface area contributed by atoms with Crippen LogP contribution in [0.4, 0.5) is 14.5 Å². The molecule has 0 saturated heterocycles. The number of amides is 2. The fourth-order valence-electron chi connectivity index (χ4n) is 1.67. The lowest BCUT2D eigenvalue weighted by atomic mass is 10.2. The first-order valence-electron chi connectivity index (χ1n) is 6.24. The zero-order valence-electron chi connectivity index (χ0n) is 11.2. The van der Waals surface area contributed by atoms with Crippen LogP contribution in [0.15, 0.2) is 42.5 Å². The highest BCUT2D eigenvalue weighted by Gasteiger charge is 2.09. The SMILES string of the molecule is O=C(CNC(=O)c1cccc(I)c1)Nc1ccc(F)c(F)c1. The molecule has 2 amide bonds. The number of carbonyl (C=O) groups is 2. The van der Waals surface area contributed by atoms with Crippen molar-refractivity contribution in [1.82, 2.24) is 5.32 Å². The molecule has 4 nitrogen and oxygen atoms in total. The Kier molecular flexibility index (Phi) is 5.42. The smallest absolute Gasteiger partial charge is 0.251 e. The number of carbonyl (C=O) groups excluding carboxylic acids is 2. The van der Waals surface area contributed by atoms with Gasteiger partial charge in [0.15, 0.2) is 11.6 Å². The van der Waals surface area contributed by atoms with Gasteiger partial charge in [-0.15, -0.1) is 0 Å². The number of rotatable bonds is 4. The highest BCUT2D eigenvalue weighted by molar-refractivity contribution is 14.1.